The average molecular weight is 405 g/mol. The molecule has 0 saturated heterocycles. The maximum absolute atomic E-state index is 13.8. The molecule has 0 heterocycles. The van der Waals surface area contributed by atoms with Gasteiger partial charge in [-0.3, -0.25) is 4.79 Å². The summed E-state index contributed by atoms with van der Waals surface area (Å²) in [5.74, 6) is -3.00. The molecule has 0 aliphatic carbocycles. The predicted molar refractivity (Wildman–Crippen MR) is 73.9 cm³/mol. The van der Waals surface area contributed by atoms with Gasteiger partial charge in [0.05, 0.1) is 10.7 Å². The molecule has 1 aromatic rings. The van der Waals surface area contributed by atoms with Crippen LogP contribution in [0.3, 0.4) is 0 Å². The first kappa shape index (κ1) is 19.4. The van der Waals surface area contributed by atoms with Crippen LogP contribution < -0.4 is 9.79 Å². The Hall–Kier alpha value is -0.680. The van der Waals surface area contributed by atoms with Gasteiger partial charge in [-0.05, 0) is 12.1 Å². The molecule has 1 N–H and O–H groups in total. The lowest BCUT2D eigenvalue weighted by Crippen LogP contribution is -2.35. The molecule has 1 amide bonds. The van der Waals surface area contributed by atoms with E-state index in [2.05, 4.69) is 0 Å². The second kappa shape index (κ2) is 6.83. The van der Waals surface area contributed by atoms with E-state index in [1.807, 2.05) is 0 Å². The Morgan fingerprint density at radius 2 is 1.82 bits per heavy atom. The summed E-state index contributed by atoms with van der Waals surface area (Å²) < 4.78 is 61.3. The van der Waals surface area contributed by atoms with E-state index < -0.39 is 54.5 Å². The number of halogens is 8. The zero-order valence-corrected chi connectivity index (χ0v) is 12.9. The number of nitrogens with one attached hydrogen (secondary N) is 1. The SMILES string of the molecule is O=C(N[O-])c1cc(Cl)c(F)c(N(SC(F)(Cl)Cl)C(F)(F)F)c1. The van der Waals surface area contributed by atoms with Crippen molar-refractivity contribution in [3.05, 3.63) is 33.7 Å². The van der Waals surface area contributed by atoms with E-state index >= 15 is 0 Å². The van der Waals surface area contributed by atoms with Crippen LogP contribution in [0.5, 0.6) is 0 Å². The summed E-state index contributed by atoms with van der Waals surface area (Å²) in [6.45, 7) is 0. The molecule has 0 saturated carbocycles. The van der Waals surface area contributed by atoms with E-state index in [0.717, 1.165) is 5.48 Å². The van der Waals surface area contributed by atoms with Gasteiger partial charge in [-0.1, -0.05) is 34.8 Å². The van der Waals surface area contributed by atoms with Crippen molar-refractivity contribution in [3.63, 3.8) is 0 Å². The molecule has 0 bridgehead atoms. The van der Waals surface area contributed by atoms with Crippen LogP contribution in [-0.2, 0) is 0 Å². The van der Waals surface area contributed by atoms with Crippen LogP contribution >= 0.6 is 46.8 Å². The van der Waals surface area contributed by atoms with Crippen molar-refractivity contribution in [2.45, 2.75) is 10.2 Å². The first-order chi connectivity index (χ1) is 9.86. The van der Waals surface area contributed by atoms with Gasteiger partial charge >= 0.3 is 10.2 Å². The summed E-state index contributed by atoms with van der Waals surface area (Å²) >= 11 is 14.2. The lowest BCUT2D eigenvalue weighted by atomic mass is 10.2. The number of rotatable bonds is 4. The van der Waals surface area contributed by atoms with Gasteiger partial charge in [0.25, 0.3) is 0 Å². The van der Waals surface area contributed by atoms with Gasteiger partial charge in [0.1, 0.15) is 0 Å². The third-order valence-corrected chi connectivity index (χ3v) is 3.49. The van der Waals surface area contributed by atoms with Gasteiger partial charge in [0.15, 0.2) is 5.82 Å². The van der Waals surface area contributed by atoms with Crippen molar-refractivity contribution in [3.8, 4) is 0 Å². The monoisotopic (exact) mass is 403 g/mol. The third kappa shape index (κ3) is 4.92. The molecule has 0 atom stereocenters. The van der Waals surface area contributed by atoms with Gasteiger partial charge in [-0.2, -0.15) is 4.39 Å². The zero-order chi connectivity index (χ0) is 17.3. The highest BCUT2D eigenvalue weighted by Gasteiger charge is 2.45. The number of carbonyl (C=O) groups is 1. The van der Waals surface area contributed by atoms with Crippen LogP contribution in [0.25, 0.3) is 0 Å². The molecule has 124 valence electrons. The highest BCUT2D eigenvalue weighted by Crippen LogP contribution is 2.47. The van der Waals surface area contributed by atoms with Crippen molar-refractivity contribution in [2.24, 2.45) is 0 Å². The molecule has 4 nitrogen and oxygen atoms in total. The van der Waals surface area contributed by atoms with Crippen molar-refractivity contribution < 1.29 is 26.7 Å². The minimum atomic E-state index is -5.33. The Kier molecular flexibility index (Phi) is 6.01. The number of benzene rings is 1. The lowest BCUT2D eigenvalue weighted by Gasteiger charge is -2.28. The molecule has 0 aliphatic rings. The standard InChI is InChI=1S/C9H3Cl3F5N2O2S/c10-4-1-3(7(20)18-21)2-5(6(4)13)19(9(15,16)17)22-8(11,12)14/h1-2H,(H-,18,20,21)/q-1. The summed E-state index contributed by atoms with van der Waals surface area (Å²) in [5, 5.41) is 9.35. The fourth-order valence-corrected chi connectivity index (χ4v) is 2.42. The van der Waals surface area contributed by atoms with Crippen LogP contribution in [0, 0.1) is 11.0 Å². The van der Waals surface area contributed by atoms with E-state index in [1.54, 1.807) is 0 Å². The highest BCUT2D eigenvalue weighted by atomic mass is 35.5. The second-order valence-corrected chi connectivity index (χ2v) is 6.72. The minimum Gasteiger partial charge on any atom is -0.759 e. The number of alkyl halides is 6. The van der Waals surface area contributed by atoms with E-state index in [4.69, 9.17) is 34.8 Å². The molecular formula is C9H3Cl3F5N2O2S-. The Bertz CT molecular complexity index is 582. The maximum atomic E-state index is 13.8. The van der Waals surface area contributed by atoms with Crippen molar-refractivity contribution in [2.75, 3.05) is 4.31 Å². The van der Waals surface area contributed by atoms with Crippen LogP contribution in [0.2, 0.25) is 5.02 Å². The molecule has 0 radical (unpaired) electrons. The van der Waals surface area contributed by atoms with Crippen molar-refractivity contribution in [1.29, 1.82) is 0 Å². The second-order valence-electron chi connectivity index (χ2n) is 3.52. The van der Waals surface area contributed by atoms with Crippen LogP contribution in [0.1, 0.15) is 10.4 Å². The Balaban J connectivity index is 3.47. The molecule has 0 fully saturated rings. The van der Waals surface area contributed by atoms with Crippen molar-refractivity contribution in [1.82, 2.24) is 5.48 Å². The molecule has 22 heavy (non-hydrogen) atoms. The molecule has 1 rings (SSSR count). The van der Waals surface area contributed by atoms with Gasteiger partial charge in [0.2, 0.25) is 5.91 Å². The third-order valence-electron chi connectivity index (χ3n) is 2.01. The van der Waals surface area contributed by atoms with Gasteiger partial charge in [-0.15, -0.1) is 13.2 Å². The summed E-state index contributed by atoms with van der Waals surface area (Å²) in [5.41, 5.74) is -1.16. The van der Waals surface area contributed by atoms with Crippen LogP contribution in [-0.4, -0.2) is 16.1 Å². The van der Waals surface area contributed by atoms with Gasteiger partial charge in [0, 0.05) is 17.5 Å². The number of anilines is 1. The van der Waals surface area contributed by atoms with E-state index in [0.29, 0.717) is 12.1 Å². The van der Waals surface area contributed by atoms with Gasteiger partial charge < -0.3 is 10.7 Å². The molecule has 0 spiro atoms. The summed E-state index contributed by atoms with van der Waals surface area (Å²) in [6.07, 6.45) is -5.33. The number of nitrogens with zero attached hydrogens (tertiary/aromatic N) is 1. The smallest absolute Gasteiger partial charge is 0.495 e. The number of carbonyl (C=O) groups excluding carboxylic acids is 1. The Morgan fingerprint density at radius 3 is 2.23 bits per heavy atom. The van der Waals surface area contributed by atoms with Crippen LogP contribution in [0.15, 0.2) is 12.1 Å². The maximum Gasteiger partial charge on any atom is 0.495 e. The molecular weight excluding hydrogens is 402 g/mol. The Labute approximate surface area is 139 Å². The average Bonchev–Trinajstić information content (AvgIpc) is 2.36. The molecule has 0 aromatic heterocycles. The first-order valence-corrected chi connectivity index (χ1v) is 6.82. The van der Waals surface area contributed by atoms with E-state index in [9.17, 15) is 32.0 Å². The van der Waals surface area contributed by atoms with E-state index in [-0.39, 0.29) is 0 Å². The number of hydroxylamine groups is 1. The van der Waals surface area contributed by atoms with Crippen LogP contribution in [0.4, 0.5) is 27.6 Å². The lowest BCUT2D eigenvalue weighted by molar-refractivity contribution is -0.114. The highest BCUT2D eigenvalue weighted by molar-refractivity contribution is 8.04. The van der Waals surface area contributed by atoms with E-state index in [1.165, 1.54) is 0 Å². The number of amides is 1. The topological polar surface area (TPSA) is 55.4 Å². The summed E-state index contributed by atoms with van der Waals surface area (Å²) in [4.78, 5) is 11.1. The summed E-state index contributed by atoms with van der Waals surface area (Å²) in [6, 6.07) is 0.964. The molecule has 1 aromatic carbocycles. The molecule has 13 heteroatoms. The number of hydrogen-bond donors (Lipinski definition) is 1. The number of hydrogen-bond acceptors (Lipinski definition) is 4. The predicted octanol–water partition coefficient (Wildman–Crippen LogP) is 4.74. The first-order valence-electron chi connectivity index (χ1n) is 4.91. The largest absolute Gasteiger partial charge is 0.759 e. The normalized spacial score (nSPS) is 12.2. The minimum absolute atomic E-state index is 0.342. The fourth-order valence-electron chi connectivity index (χ4n) is 1.25. The zero-order valence-electron chi connectivity index (χ0n) is 9.85. The fraction of sp³-hybridized carbons (Fsp3) is 0.222. The Morgan fingerprint density at radius 1 is 1.27 bits per heavy atom. The van der Waals surface area contributed by atoms with Gasteiger partial charge in [-0.25, -0.2) is 8.70 Å². The quantitative estimate of drug-likeness (QED) is 0.259. The molecule has 0 unspecified atom stereocenters. The molecule has 0 aliphatic heterocycles. The summed E-state index contributed by atoms with van der Waals surface area (Å²) in [7, 11) is 0. The van der Waals surface area contributed by atoms with Crippen molar-refractivity contribution >= 4 is 58.3 Å².